The summed E-state index contributed by atoms with van der Waals surface area (Å²) in [4.78, 5) is 17.8. The zero-order valence-corrected chi connectivity index (χ0v) is 11.3. The molecular weight excluding hydrogens is 262 g/mol. The van der Waals surface area contributed by atoms with E-state index in [0.29, 0.717) is 11.7 Å². The average molecular weight is 273 g/mol. The van der Waals surface area contributed by atoms with E-state index in [4.69, 9.17) is 4.52 Å². The number of nitrogens with zero attached hydrogens (tertiary/aromatic N) is 3. The fraction of sp³-hybridized carbons (Fsp3) is 0.154. The summed E-state index contributed by atoms with van der Waals surface area (Å²) in [5, 5.41) is 3.95. The van der Waals surface area contributed by atoms with Gasteiger partial charge in [0, 0.05) is 29.8 Å². The van der Waals surface area contributed by atoms with Gasteiger partial charge in [0.2, 0.25) is 11.4 Å². The van der Waals surface area contributed by atoms with Gasteiger partial charge in [-0.2, -0.15) is 4.98 Å². The molecule has 0 radical (unpaired) electrons. The maximum Gasteiger partial charge on any atom is 0.268 e. The van der Waals surface area contributed by atoms with Gasteiger partial charge in [0.15, 0.2) is 0 Å². The molecule has 0 amide bonds. The monoisotopic (exact) mass is 273 g/mol. The maximum atomic E-state index is 11.3. The zero-order valence-electron chi connectivity index (χ0n) is 10.5. The molecule has 0 aliphatic rings. The van der Waals surface area contributed by atoms with Crippen molar-refractivity contribution in [3.05, 3.63) is 45.7 Å². The van der Waals surface area contributed by atoms with E-state index in [1.807, 2.05) is 19.1 Å². The lowest BCUT2D eigenvalue weighted by Gasteiger charge is -1.97. The summed E-state index contributed by atoms with van der Waals surface area (Å²) >= 11 is 1.60. The maximum absolute atomic E-state index is 11.3. The van der Waals surface area contributed by atoms with Gasteiger partial charge in [-0.15, -0.1) is 11.3 Å². The molecule has 0 aliphatic carbocycles. The first kappa shape index (κ1) is 11.9. The van der Waals surface area contributed by atoms with Gasteiger partial charge < -0.3 is 9.09 Å². The van der Waals surface area contributed by atoms with Crippen molar-refractivity contribution in [3.8, 4) is 22.2 Å². The molecule has 3 rings (SSSR count). The number of pyridine rings is 1. The van der Waals surface area contributed by atoms with Gasteiger partial charge in [-0.05, 0) is 25.1 Å². The molecule has 6 heteroatoms. The van der Waals surface area contributed by atoms with Crippen LogP contribution in [0.25, 0.3) is 22.2 Å². The van der Waals surface area contributed by atoms with Crippen LogP contribution in [0.4, 0.5) is 0 Å². The van der Waals surface area contributed by atoms with Crippen molar-refractivity contribution in [1.29, 1.82) is 0 Å². The van der Waals surface area contributed by atoms with Gasteiger partial charge in [0.1, 0.15) is 0 Å². The molecule has 5 nitrogen and oxygen atoms in total. The summed E-state index contributed by atoms with van der Waals surface area (Å²) in [6.45, 7) is 2.03. The summed E-state index contributed by atoms with van der Waals surface area (Å²) in [7, 11) is 1.69. The van der Waals surface area contributed by atoms with Crippen LogP contribution in [0.5, 0.6) is 0 Å². The Labute approximate surface area is 113 Å². The summed E-state index contributed by atoms with van der Waals surface area (Å²) in [5.41, 5.74) is 0.687. The third-order valence-corrected chi connectivity index (χ3v) is 3.71. The van der Waals surface area contributed by atoms with Crippen LogP contribution in [-0.2, 0) is 7.05 Å². The molecule has 0 atom stereocenters. The predicted octanol–water partition coefficient (Wildman–Crippen LogP) is 2.47. The lowest BCUT2D eigenvalue weighted by molar-refractivity contribution is 0.433. The third-order valence-electron chi connectivity index (χ3n) is 2.72. The van der Waals surface area contributed by atoms with Crippen molar-refractivity contribution >= 4 is 11.3 Å². The molecule has 0 fully saturated rings. The number of rotatable bonds is 2. The first-order valence-corrected chi connectivity index (χ1v) is 6.53. The molecule has 0 saturated carbocycles. The quantitative estimate of drug-likeness (QED) is 0.719. The van der Waals surface area contributed by atoms with Crippen molar-refractivity contribution in [2.75, 3.05) is 0 Å². The van der Waals surface area contributed by atoms with Crippen molar-refractivity contribution in [2.45, 2.75) is 6.92 Å². The molecule has 3 heterocycles. The van der Waals surface area contributed by atoms with Gasteiger partial charge in [-0.25, -0.2) is 0 Å². The Bertz CT molecular complexity index is 785. The Hall–Kier alpha value is -2.21. The van der Waals surface area contributed by atoms with E-state index >= 15 is 0 Å². The molecule has 0 N–H and O–H groups in total. The lowest BCUT2D eigenvalue weighted by atomic mass is 10.3. The average Bonchev–Trinajstić information content (AvgIpc) is 3.01. The Morgan fingerprint density at radius 3 is 2.79 bits per heavy atom. The van der Waals surface area contributed by atoms with Gasteiger partial charge in [-0.3, -0.25) is 4.79 Å². The highest BCUT2D eigenvalue weighted by Crippen LogP contribution is 2.27. The fourth-order valence-corrected chi connectivity index (χ4v) is 2.51. The largest absolute Gasteiger partial charge is 0.333 e. The van der Waals surface area contributed by atoms with Gasteiger partial charge in [-0.1, -0.05) is 5.16 Å². The molecular formula is C13H11N3O2S. The first-order valence-electron chi connectivity index (χ1n) is 5.71. The van der Waals surface area contributed by atoms with Gasteiger partial charge in [0.05, 0.1) is 4.88 Å². The number of aryl methyl sites for hydroxylation is 2. The van der Waals surface area contributed by atoms with Gasteiger partial charge >= 0.3 is 0 Å². The molecule has 19 heavy (non-hydrogen) atoms. The van der Waals surface area contributed by atoms with Crippen molar-refractivity contribution in [2.24, 2.45) is 7.05 Å². The molecule has 96 valence electrons. The Balaban J connectivity index is 2.01. The molecule has 0 unspecified atom stereocenters. The summed E-state index contributed by atoms with van der Waals surface area (Å²) in [5.74, 6) is 0.985. The smallest absolute Gasteiger partial charge is 0.268 e. The van der Waals surface area contributed by atoms with Crippen LogP contribution in [0.1, 0.15) is 4.88 Å². The van der Waals surface area contributed by atoms with Crippen LogP contribution in [0, 0.1) is 6.92 Å². The zero-order chi connectivity index (χ0) is 13.4. The highest BCUT2D eigenvalue weighted by atomic mass is 32.1. The highest BCUT2D eigenvalue weighted by Gasteiger charge is 2.12. The van der Waals surface area contributed by atoms with Crippen LogP contribution in [-0.4, -0.2) is 14.7 Å². The standard InChI is InChI=1S/C13H11N3O2S/c1-8-3-5-10(19-8)13-14-12(15-18-13)9-4-6-11(17)16(2)7-9/h3-7H,1-2H3. The predicted molar refractivity (Wildman–Crippen MR) is 73.0 cm³/mol. The van der Waals surface area contributed by atoms with Crippen LogP contribution >= 0.6 is 11.3 Å². The minimum Gasteiger partial charge on any atom is -0.333 e. The van der Waals surface area contributed by atoms with E-state index in [1.165, 1.54) is 15.5 Å². The van der Waals surface area contributed by atoms with Crippen LogP contribution in [0.3, 0.4) is 0 Å². The Morgan fingerprint density at radius 1 is 1.26 bits per heavy atom. The molecule has 0 aliphatic heterocycles. The molecule has 0 spiro atoms. The lowest BCUT2D eigenvalue weighted by Crippen LogP contribution is -2.14. The van der Waals surface area contributed by atoms with Crippen LogP contribution < -0.4 is 5.56 Å². The van der Waals surface area contributed by atoms with Crippen LogP contribution in [0.15, 0.2) is 39.8 Å². The van der Waals surface area contributed by atoms with E-state index in [1.54, 1.807) is 30.6 Å². The number of hydrogen-bond donors (Lipinski definition) is 0. The minimum absolute atomic E-state index is 0.0682. The topological polar surface area (TPSA) is 60.9 Å². The highest BCUT2D eigenvalue weighted by molar-refractivity contribution is 7.15. The van der Waals surface area contributed by atoms with E-state index in [0.717, 1.165) is 10.4 Å². The second-order valence-corrected chi connectivity index (χ2v) is 5.49. The Kier molecular flexibility index (Phi) is 2.79. The van der Waals surface area contributed by atoms with Crippen molar-refractivity contribution < 1.29 is 4.52 Å². The molecule has 3 aromatic heterocycles. The first-order chi connectivity index (χ1) is 9.13. The van der Waals surface area contributed by atoms with E-state index in [9.17, 15) is 4.79 Å². The number of hydrogen-bond acceptors (Lipinski definition) is 5. The van der Waals surface area contributed by atoms with E-state index < -0.39 is 0 Å². The van der Waals surface area contributed by atoms with Crippen molar-refractivity contribution in [3.63, 3.8) is 0 Å². The van der Waals surface area contributed by atoms with Gasteiger partial charge in [0.25, 0.3) is 5.89 Å². The van der Waals surface area contributed by atoms with Crippen LogP contribution in [0.2, 0.25) is 0 Å². The second-order valence-electron chi connectivity index (χ2n) is 4.20. The minimum atomic E-state index is -0.0682. The third kappa shape index (κ3) is 2.22. The van der Waals surface area contributed by atoms with E-state index in [-0.39, 0.29) is 5.56 Å². The normalized spacial score (nSPS) is 10.8. The van der Waals surface area contributed by atoms with Crippen molar-refractivity contribution in [1.82, 2.24) is 14.7 Å². The molecule has 3 aromatic rings. The number of aromatic nitrogens is 3. The second kappa shape index (κ2) is 4.47. The fourth-order valence-electron chi connectivity index (χ4n) is 1.72. The summed E-state index contributed by atoms with van der Waals surface area (Å²) in [6, 6.07) is 7.14. The molecule has 0 saturated heterocycles. The Morgan fingerprint density at radius 2 is 2.11 bits per heavy atom. The molecule has 0 bridgehead atoms. The summed E-state index contributed by atoms with van der Waals surface area (Å²) in [6.07, 6.45) is 1.69. The SMILES string of the molecule is Cc1ccc(-c2nc(-c3ccc(=O)n(C)c3)no2)s1. The van der Waals surface area contributed by atoms with E-state index in [2.05, 4.69) is 10.1 Å². The number of thiophene rings is 1. The summed E-state index contributed by atoms with van der Waals surface area (Å²) < 4.78 is 6.74. The molecule has 0 aromatic carbocycles.